The van der Waals surface area contributed by atoms with Crippen molar-refractivity contribution in [2.24, 2.45) is 0 Å². The molecule has 2 fully saturated rings. The standard InChI is InChI=1S/C23H37N3O2/c1-22(2,3)28-21(27)25-14-12-23(13-15-25,26-18-16-24(4)17-19-26)11-10-20-8-6-5-7-9-20/h5-9H,10-19H2,1-4H3. The molecule has 0 bridgehead atoms. The van der Waals surface area contributed by atoms with E-state index in [1.54, 1.807) is 0 Å². The van der Waals surface area contributed by atoms with Crippen LogP contribution in [0.15, 0.2) is 30.3 Å². The van der Waals surface area contributed by atoms with Crippen LogP contribution in [0.3, 0.4) is 0 Å². The average molecular weight is 388 g/mol. The van der Waals surface area contributed by atoms with Gasteiger partial charge in [-0.15, -0.1) is 0 Å². The summed E-state index contributed by atoms with van der Waals surface area (Å²) in [4.78, 5) is 19.5. The lowest BCUT2D eigenvalue weighted by Gasteiger charge is -2.51. The second kappa shape index (κ2) is 8.83. The first-order valence-corrected chi connectivity index (χ1v) is 10.7. The van der Waals surface area contributed by atoms with Crippen LogP contribution in [0.5, 0.6) is 0 Å². The molecule has 0 unspecified atom stereocenters. The number of likely N-dealkylation sites (N-methyl/N-ethyl adjacent to an activating group) is 1. The molecule has 0 aromatic heterocycles. The SMILES string of the molecule is CN1CCN(C2(CCc3ccccc3)CCN(C(=O)OC(C)(C)C)CC2)CC1. The van der Waals surface area contributed by atoms with E-state index in [4.69, 9.17) is 4.74 Å². The van der Waals surface area contributed by atoms with Crippen molar-refractivity contribution >= 4 is 6.09 Å². The summed E-state index contributed by atoms with van der Waals surface area (Å²) < 4.78 is 5.60. The predicted molar refractivity (Wildman–Crippen MR) is 114 cm³/mol. The number of amides is 1. The quantitative estimate of drug-likeness (QED) is 0.790. The minimum atomic E-state index is -0.434. The molecule has 0 spiro atoms. The third kappa shape index (κ3) is 5.48. The molecule has 5 heteroatoms. The number of hydrogen-bond donors (Lipinski definition) is 0. The lowest BCUT2D eigenvalue weighted by atomic mass is 9.80. The van der Waals surface area contributed by atoms with Gasteiger partial charge in [0.2, 0.25) is 0 Å². The number of ether oxygens (including phenoxy) is 1. The maximum atomic E-state index is 12.5. The molecule has 2 heterocycles. The fraction of sp³-hybridized carbons (Fsp3) is 0.696. The van der Waals surface area contributed by atoms with Crippen molar-refractivity contribution < 1.29 is 9.53 Å². The first-order chi connectivity index (χ1) is 13.3. The van der Waals surface area contributed by atoms with Crippen LogP contribution in [0.4, 0.5) is 4.79 Å². The Bertz CT molecular complexity index is 625. The number of piperazine rings is 1. The van der Waals surface area contributed by atoms with Crippen molar-refractivity contribution in [3.63, 3.8) is 0 Å². The number of benzene rings is 1. The highest BCUT2D eigenvalue weighted by molar-refractivity contribution is 5.68. The van der Waals surface area contributed by atoms with E-state index in [-0.39, 0.29) is 11.6 Å². The third-order valence-electron chi connectivity index (χ3n) is 6.24. The van der Waals surface area contributed by atoms with Crippen molar-refractivity contribution in [2.45, 2.75) is 57.6 Å². The van der Waals surface area contributed by atoms with Gasteiger partial charge in [-0.3, -0.25) is 4.90 Å². The third-order valence-corrected chi connectivity index (χ3v) is 6.24. The van der Waals surface area contributed by atoms with Gasteiger partial charge in [-0.25, -0.2) is 4.79 Å². The van der Waals surface area contributed by atoms with E-state index >= 15 is 0 Å². The Morgan fingerprint density at radius 2 is 1.61 bits per heavy atom. The molecule has 2 aliphatic rings. The second-order valence-corrected chi connectivity index (χ2v) is 9.47. The molecule has 2 aliphatic heterocycles. The maximum Gasteiger partial charge on any atom is 0.410 e. The summed E-state index contributed by atoms with van der Waals surface area (Å²) in [6.45, 7) is 11.9. The largest absolute Gasteiger partial charge is 0.444 e. The van der Waals surface area contributed by atoms with Gasteiger partial charge in [0.1, 0.15) is 5.60 Å². The van der Waals surface area contributed by atoms with Crippen LogP contribution >= 0.6 is 0 Å². The lowest BCUT2D eigenvalue weighted by molar-refractivity contribution is -0.0238. The first kappa shape index (κ1) is 21.1. The van der Waals surface area contributed by atoms with E-state index < -0.39 is 5.60 Å². The van der Waals surface area contributed by atoms with Gasteiger partial charge in [-0.1, -0.05) is 30.3 Å². The topological polar surface area (TPSA) is 36.0 Å². The van der Waals surface area contributed by atoms with Crippen molar-refractivity contribution in [1.82, 2.24) is 14.7 Å². The van der Waals surface area contributed by atoms with Gasteiger partial charge in [0.15, 0.2) is 0 Å². The van der Waals surface area contributed by atoms with Crippen LogP contribution in [0.1, 0.15) is 45.6 Å². The Morgan fingerprint density at radius 1 is 1.00 bits per heavy atom. The number of rotatable bonds is 4. The monoisotopic (exact) mass is 387 g/mol. The average Bonchev–Trinajstić information content (AvgIpc) is 2.67. The van der Waals surface area contributed by atoms with Gasteiger partial charge in [-0.05, 0) is 59.1 Å². The minimum absolute atomic E-state index is 0.164. The summed E-state index contributed by atoms with van der Waals surface area (Å²) in [7, 11) is 2.21. The highest BCUT2D eigenvalue weighted by Crippen LogP contribution is 2.35. The Morgan fingerprint density at radius 3 is 2.18 bits per heavy atom. The zero-order valence-electron chi connectivity index (χ0n) is 18.1. The molecule has 1 aromatic rings. The predicted octanol–water partition coefficient (Wildman–Crippen LogP) is 3.64. The first-order valence-electron chi connectivity index (χ1n) is 10.7. The summed E-state index contributed by atoms with van der Waals surface area (Å²) in [5, 5.41) is 0. The van der Waals surface area contributed by atoms with Crippen molar-refractivity contribution in [1.29, 1.82) is 0 Å². The molecule has 3 rings (SSSR count). The van der Waals surface area contributed by atoms with Crippen LogP contribution < -0.4 is 0 Å². The molecule has 1 aromatic carbocycles. The molecule has 0 N–H and O–H groups in total. The minimum Gasteiger partial charge on any atom is -0.444 e. The number of carbonyl (C=O) groups is 1. The number of likely N-dealkylation sites (tertiary alicyclic amines) is 1. The van der Waals surface area contributed by atoms with Gasteiger partial charge >= 0.3 is 6.09 Å². The van der Waals surface area contributed by atoms with E-state index in [0.717, 1.165) is 65.0 Å². The molecule has 0 saturated carbocycles. The number of aryl methyl sites for hydroxylation is 1. The molecule has 156 valence electrons. The van der Waals surface area contributed by atoms with E-state index in [1.807, 2.05) is 25.7 Å². The molecule has 28 heavy (non-hydrogen) atoms. The number of nitrogens with zero attached hydrogens (tertiary/aromatic N) is 3. The normalized spacial score (nSPS) is 21.5. The fourth-order valence-electron chi connectivity index (χ4n) is 4.46. The maximum absolute atomic E-state index is 12.5. The zero-order chi connectivity index (χ0) is 20.2. The summed E-state index contributed by atoms with van der Waals surface area (Å²) >= 11 is 0. The summed E-state index contributed by atoms with van der Waals surface area (Å²) in [5.41, 5.74) is 1.16. The van der Waals surface area contributed by atoms with E-state index in [0.29, 0.717) is 0 Å². The molecule has 0 aliphatic carbocycles. The molecule has 0 radical (unpaired) electrons. The Hall–Kier alpha value is -1.59. The highest BCUT2D eigenvalue weighted by Gasteiger charge is 2.41. The molecule has 0 atom stereocenters. The van der Waals surface area contributed by atoms with Gasteiger partial charge in [-0.2, -0.15) is 0 Å². The van der Waals surface area contributed by atoms with Crippen LogP contribution in [-0.4, -0.2) is 78.2 Å². The smallest absolute Gasteiger partial charge is 0.410 e. The van der Waals surface area contributed by atoms with E-state index in [9.17, 15) is 4.79 Å². The second-order valence-electron chi connectivity index (χ2n) is 9.47. The number of piperidine rings is 1. The number of carbonyl (C=O) groups excluding carboxylic acids is 1. The van der Waals surface area contributed by atoms with Crippen molar-refractivity contribution in [3.05, 3.63) is 35.9 Å². The van der Waals surface area contributed by atoms with Crippen LogP contribution in [0, 0.1) is 0 Å². The van der Waals surface area contributed by atoms with E-state index in [1.165, 1.54) is 5.56 Å². The zero-order valence-corrected chi connectivity index (χ0v) is 18.1. The summed E-state index contributed by atoms with van der Waals surface area (Å²) in [6.07, 6.45) is 4.15. The summed E-state index contributed by atoms with van der Waals surface area (Å²) in [5.74, 6) is 0. The van der Waals surface area contributed by atoms with Gasteiger partial charge in [0, 0.05) is 44.8 Å². The van der Waals surface area contributed by atoms with Gasteiger partial charge in [0.25, 0.3) is 0 Å². The van der Waals surface area contributed by atoms with Gasteiger partial charge < -0.3 is 14.5 Å². The molecule has 2 saturated heterocycles. The van der Waals surface area contributed by atoms with Gasteiger partial charge in [0.05, 0.1) is 0 Å². The van der Waals surface area contributed by atoms with Crippen LogP contribution in [-0.2, 0) is 11.2 Å². The fourth-order valence-corrected chi connectivity index (χ4v) is 4.46. The van der Waals surface area contributed by atoms with Crippen LogP contribution in [0.2, 0.25) is 0 Å². The molecule has 1 amide bonds. The van der Waals surface area contributed by atoms with Crippen molar-refractivity contribution in [3.8, 4) is 0 Å². The highest BCUT2D eigenvalue weighted by atomic mass is 16.6. The Labute approximate surface area is 170 Å². The Kier molecular flexibility index (Phi) is 6.66. The van der Waals surface area contributed by atoms with E-state index in [2.05, 4.69) is 47.2 Å². The molecular formula is C23H37N3O2. The molecule has 5 nitrogen and oxygen atoms in total. The summed E-state index contributed by atoms with van der Waals surface area (Å²) in [6, 6.07) is 10.8. The number of hydrogen-bond acceptors (Lipinski definition) is 4. The lowest BCUT2D eigenvalue weighted by Crippen LogP contribution is -2.61. The van der Waals surface area contributed by atoms with Crippen LogP contribution in [0.25, 0.3) is 0 Å². The van der Waals surface area contributed by atoms with Crippen molar-refractivity contribution in [2.75, 3.05) is 46.3 Å². The Balaban J connectivity index is 1.67. The molecular weight excluding hydrogens is 350 g/mol.